The number of amides is 1. The normalized spacial score (nSPS) is 14.4. The molecule has 0 aromatic carbocycles. The highest BCUT2D eigenvalue weighted by Crippen LogP contribution is 2.17. The topological polar surface area (TPSA) is 72.9 Å². The van der Waals surface area contributed by atoms with Crippen molar-refractivity contribution in [3.63, 3.8) is 0 Å². The van der Waals surface area contributed by atoms with Gasteiger partial charge < -0.3 is 11.1 Å². The van der Waals surface area contributed by atoms with Gasteiger partial charge in [-0.3, -0.25) is 9.48 Å². The van der Waals surface area contributed by atoms with Crippen LogP contribution in [0.4, 0.5) is 0 Å². The molecule has 1 atom stereocenters. The van der Waals surface area contributed by atoms with Crippen LogP contribution in [0.15, 0.2) is 0 Å². The number of aromatic nitrogens is 2. The summed E-state index contributed by atoms with van der Waals surface area (Å²) in [5.41, 5.74) is 8.45. The standard InChI is InChI=1S/C15H28N4O/c1-10(2)8-15(5,9-16)17-14(20)7-13-11(3)18-19(6)12(13)4/h10H,7-9,16H2,1-6H3,(H,17,20). The summed E-state index contributed by atoms with van der Waals surface area (Å²) < 4.78 is 1.81. The molecule has 0 aliphatic carbocycles. The number of hydrogen-bond acceptors (Lipinski definition) is 3. The van der Waals surface area contributed by atoms with E-state index in [1.807, 2.05) is 32.5 Å². The van der Waals surface area contributed by atoms with Crippen molar-refractivity contribution in [2.45, 2.75) is 53.0 Å². The van der Waals surface area contributed by atoms with Crippen molar-refractivity contribution >= 4 is 5.91 Å². The SMILES string of the molecule is Cc1nn(C)c(C)c1CC(=O)NC(C)(CN)CC(C)C. The van der Waals surface area contributed by atoms with Crippen LogP contribution in [-0.4, -0.2) is 27.8 Å². The quantitative estimate of drug-likeness (QED) is 0.828. The predicted octanol–water partition coefficient (Wildman–Crippen LogP) is 1.46. The van der Waals surface area contributed by atoms with Crippen LogP contribution in [0.3, 0.4) is 0 Å². The van der Waals surface area contributed by atoms with Gasteiger partial charge in [0.2, 0.25) is 5.91 Å². The molecule has 0 aliphatic heterocycles. The number of nitrogens with one attached hydrogen (secondary N) is 1. The number of nitrogens with two attached hydrogens (primary N) is 1. The molecular formula is C15H28N4O. The third kappa shape index (κ3) is 4.07. The van der Waals surface area contributed by atoms with E-state index in [4.69, 9.17) is 5.73 Å². The number of nitrogens with zero attached hydrogens (tertiary/aromatic N) is 2. The summed E-state index contributed by atoms with van der Waals surface area (Å²) in [6.07, 6.45) is 1.24. The zero-order chi connectivity index (χ0) is 15.5. The van der Waals surface area contributed by atoms with Crippen molar-refractivity contribution < 1.29 is 4.79 Å². The van der Waals surface area contributed by atoms with Crippen LogP contribution in [-0.2, 0) is 18.3 Å². The van der Waals surface area contributed by atoms with Gasteiger partial charge in [-0.2, -0.15) is 5.10 Å². The summed E-state index contributed by atoms with van der Waals surface area (Å²) in [5.74, 6) is 0.503. The predicted molar refractivity (Wildman–Crippen MR) is 81.4 cm³/mol. The highest BCUT2D eigenvalue weighted by molar-refractivity contribution is 5.79. The molecule has 114 valence electrons. The van der Waals surface area contributed by atoms with Gasteiger partial charge in [-0.1, -0.05) is 13.8 Å². The number of rotatable bonds is 6. The van der Waals surface area contributed by atoms with Gasteiger partial charge in [0.1, 0.15) is 0 Å². The molecule has 1 amide bonds. The molecule has 3 N–H and O–H groups in total. The van der Waals surface area contributed by atoms with Crippen molar-refractivity contribution in [2.75, 3.05) is 6.54 Å². The molecule has 1 heterocycles. The van der Waals surface area contributed by atoms with Gasteiger partial charge in [0, 0.05) is 30.4 Å². The first-order valence-electron chi connectivity index (χ1n) is 7.18. The average Bonchev–Trinajstić information content (AvgIpc) is 2.55. The lowest BCUT2D eigenvalue weighted by Crippen LogP contribution is -2.52. The Labute approximate surface area is 121 Å². The summed E-state index contributed by atoms with van der Waals surface area (Å²) in [6.45, 7) is 10.6. The Balaban J connectivity index is 2.76. The number of aryl methyl sites for hydroxylation is 2. The molecule has 0 aliphatic rings. The molecule has 1 aromatic rings. The Morgan fingerprint density at radius 3 is 2.45 bits per heavy atom. The van der Waals surface area contributed by atoms with E-state index in [0.29, 0.717) is 18.9 Å². The second-order valence-corrected chi connectivity index (χ2v) is 6.36. The minimum absolute atomic E-state index is 0.0119. The third-order valence-electron chi connectivity index (χ3n) is 3.75. The molecule has 20 heavy (non-hydrogen) atoms. The lowest BCUT2D eigenvalue weighted by atomic mass is 9.90. The maximum absolute atomic E-state index is 12.3. The van der Waals surface area contributed by atoms with Crippen molar-refractivity contribution in [2.24, 2.45) is 18.7 Å². The summed E-state index contributed by atoms with van der Waals surface area (Å²) >= 11 is 0. The molecule has 0 radical (unpaired) electrons. The molecule has 0 spiro atoms. The largest absolute Gasteiger partial charge is 0.349 e. The van der Waals surface area contributed by atoms with Gasteiger partial charge in [-0.15, -0.1) is 0 Å². The molecule has 1 aromatic heterocycles. The van der Waals surface area contributed by atoms with Crippen molar-refractivity contribution in [3.05, 3.63) is 17.0 Å². The molecule has 1 unspecified atom stereocenters. The van der Waals surface area contributed by atoms with Gasteiger partial charge >= 0.3 is 0 Å². The van der Waals surface area contributed by atoms with Gasteiger partial charge in [-0.05, 0) is 33.1 Å². The first kappa shape index (κ1) is 16.7. The van der Waals surface area contributed by atoms with Crippen molar-refractivity contribution in [1.29, 1.82) is 0 Å². The fourth-order valence-electron chi connectivity index (χ4n) is 2.70. The van der Waals surface area contributed by atoms with E-state index in [-0.39, 0.29) is 11.4 Å². The van der Waals surface area contributed by atoms with Gasteiger partial charge in [0.15, 0.2) is 0 Å². The van der Waals surface area contributed by atoms with Crippen LogP contribution < -0.4 is 11.1 Å². The Morgan fingerprint density at radius 2 is 2.05 bits per heavy atom. The number of hydrogen-bond donors (Lipinski definition) is 2. The van der Waals surface area contributed by atoms with E-state index in [0.717, 1.165) is 23.4 Å². The fourth-order valence-corrected chi connectivity index (χ4v) is 2.70. The lowest BCUT2D eigenvalue weighted by molar-refractivity contribution is -0.122. The zero-order valence-corrected chi connectivity index (χ0v) is 13.6. The smallest absolute Gasteiger partial charge is 0.225 e. The van der Waals surface area contributed by atoms with E-state index in [2.05, 4.69) is 24.3 Å². The van der Waals surface area contributed by atoms with Crippen LogP contribution in [0.1, 0.15) is 44.1 Å². The number of carbonyl (C=O) groups is 1. The zero-order valence-electron chi connectivity index (χ0n) is 13.6. The molecule has 1 rings (SSSR count). The van der Waals surface area contributed by atoms with E-state index in [1.54, 1.807) is 0 Å². The summed E-state index contributed by atoms with van der Waals surface area (Å²) in [7, 11) is 1.90. The second-order valence-electron chi connectivity index (χ2n) is 6.36. The summed E-state index contributed by atoms with van der Waals surface area (Å²) in [5, 5.41) is 7.43. The van der Waals surface area contributed by atoms with Crippen LogP contribution in [0, 0.1) is 19.8 Å². The van der Waals surface area contributed by atoms with Crippen molar-refractivity contribution in [3.8, 4) is 0 Å². The van der Waals surface area contributed by atoms with Crippen LogP contribution in [0.2, 0.25) is 0 Å². The van der Waals surface area contributed by atoms with E-state index < -0.39 is 0 Å². The van der Waals surface area contributed by atoms with Gasteiger partial charge in [0.25, 0.3) is 0 Å². The highest BCUT2D eigenvalue weighted by atomic mass is 16.1. The molecule has 0 fully saturated rings. The Hall–Kier alpha value is -1.36. The summed E-state index contributed by atoms with van der Waals surface area (Å²) in [6, 6.07) is 0. The maximum atomic E-state index is 12.3. The molecule has 0 saturated carbocycles. The summed E-state index contributed by atoms with van der Waals surface area (Å²) in [4.78, 5) is 12.3. The molecule has 5 heteroatoms. The van der Waals surface area contributed by atoms with Gasteiger partial charge in [0.05, 0.1) is 12.1 Å². The molecule has 0 bridgehead atoms. The van der Waals surface area contributed by atoms with Crippen LogP contribution in [0.5, 0.6) is 0 Å². The Bertz CT molecular complexity index is 478. The monoisotopic (exact) mass is 280 g/mol. The lowest BCUT2D eigenvalue weighted by Gasteiger charge is -2.31. The van der Waals surface area contributed by atoms with Gasteiger partial charge in [-0.25, -0.2) is 0 Å². The Morgan fingerprint density at radius 1 is 1.45 bits per heavy atom. The minimum atomic E-state index is -0.338. The molecular weight excluding hydrogens is 252 g/mol. The maximum Gasteiger partial charge on any atom is 0.225 e. The average molecular weight is 280 g/mol. The molecule has 5 nitrogen and oxygen atoms in total. The molecule has 0 saturated heterocycles. The van der Waals surface area contributed by atoms with E-state index in [1.165, 1.54) is 0 Å². The van der Waals surface area contributed by atoms with Crippen LogP contribution >= 0.6 is 0 Å². The first-order chi connectivity index (χ1) is 9.18. The van der Waals surface area contributed by atoms with Crippen LogP contribution in [0.25, 0.3) is 0 Å². The Kier molecular flexibility index (Phi) is 5.34. The fraction of sp³-hybridized carbons (Fsp3) is 0.733. The number of carbonyl (C=O) groups excluding carboxylic acids is 1. The van der Waals surface area contributed by atoms with E-state index in [9.17, 15) is 4.79 Å². The minimum Gasteiger partial charge on any atom is -0.349 e. The highest BCUT2D eigenvalue weighted by Gasteiger charge is 2.26. The third-order valence-corrected chi connectivity index (χ3v) is 3.75. The first-order valence-corrected chi connectivity index (χ1v) is 7.18. The van der Waals surface area contributed by atoms with Crippen molar-refractivity contribution in [1.82, 2.24) is 15.1 Å². The second kappa shape index (κ2) is 6.39. The van der Waals surface area contributed by atoms with E-state index >= 15 is 0 Å².